The Balaban J connectivity index is 2.23. The lowest BCUT2D eigenvalue weighted by molar-refractivity contribution is -0.0659. The quantitative estimate of drug-likeness (QED) is 0.811. The summed E-state index contributed by atoms with van der Waals surface area (Å²) in [5.41, 5.74) is 7.30. The molecular weight excluding hydrogens is 276 g/mol. The van der Waals surface area contributed by atoms with Gasteiger partial charge in [0.05, 0.1) is 10.5 Å². The predicted octanol–water partition coefficient (Wildman–Crippen LogP) is 1.73. The van der Waals surface area contributed by atoms with Crippen LogP contribution in [0, 0.1) is 13.8 Å². The molecule has 1 fully saturated rings. The van der Waals surface area contributed by atoms with Crippen molar-refractivity contribution in [2.45, 2.75) is 43.6 Å². The van der Waals surface area contributed by atoms with Crippen LogP contribution in [0.3, 0.4) is 0 Å². The number of hydrogen-bond donors (Lipinski definition) is 2. The number of aryl methyl sites for hydroxylation is 2. The molecule has 1 aromatic rings. The van der Waals surface area contributed by atoms with Crippen molar-refractivity contribution in [2.24, 2.45) is 0 Å². The lowest BCUT2D eigenvalue weighted by atomic mass is 9.80. The van der Waals surface area contributed by atoms with E-state index in [1.54, 1.807) is 33.1 Å². The van der Waals surface area contributed by atoms with Crippen molar-refractivity contribution in [1.29, 1.82) is 0 Å². The third-order valence-corrected chi connectivity index (χ3v) is 5.74. The van der Waals surface area contributed by atoms with Gasteiger partial charge >= 0.3 is 0 Å². The Kier molecular flexibility index (Phi) is 4.09. The largest absolute Gasteiger partial charge is 0.399 e. The zero-order valence-electron chi connectivity index (χ0n) is 12.2. The number of benzene rings is 1. The van der Waals surface area contributed by atoms with Gasteiger partial charge in [-0.05, 0) is 56.4 Å². The number of anilines is 1. The molecule has 20 heavy (non-hydrogen) atoms. The van der Waals surface area contributed by atoms with Gasteiger partial charge in [0.15, 0.2) is 0 Å². The van der Waals surface area contributed by atoms with Crippen molar-refractivity contribution >= 4 is 15.7 Å². The average Bonchev–Trinajstić information content (AvgIpc) is 2.25. The number of rotatable bonds is 5. The SMILES string of the molecule is COC1(CNS(=O)(=O)c2c(C)cc(N)cc2C)CCC1. The van der Waals surface area contributed by atoms with Crippen LogP contribution in [-0.2, 0) is 14.8 Å². The summed E-state index contributed by atoms with van der Waals surface area (Å²) in [4.78, 5) is 0.317. The van der Waals surface area contributed by atoms with E-state index in [0.717, 1.165) is 19.3 Å². The van der Waals surface area contributed by atoms with Crippen molar-refractivity contribution in [1.82, 2.24) is 4.72 Å². The molecule has 0 saturated heterocycles. The molecule has 5 nitrogen and oxygen atoms in total. The van der Waals surface area contributed by atoms with Crippen molar-refractivity contribution in [2.75, 3.05) is 19.4 Å². The van der Waals surface area contributed by atoms with Crippen LogP contribution in [0.2, 0.25) is 0 Å². The first-order valence-corrected chi connectivity index (χ1v) is 8.19. The Morgan fingerprint density at radius 1 is 1.30 bits per heavy atom. The van der Waals surface area contributed by atoms with E-state index < -0.39 is 10.0 Å². The maximum absolute atomic E-state index is 12.5. The molecule has 0 aliphatic heterocycles. The van der Waals surface area contributed by atoms with Crippen LogP contribution >= 0.6 is 0 Å². The van der Waals surface area contributed by atoms with E-state index >= 15 is 0 Å². The molecule has 0 spiro atoms. The lowest BCUT2D eigenvalue weighted by Gasteiger charge is -2.40. The average molecular weight is 298 g/mol. The van der Waals surface area contributed by atoms with E-state index in [1.807, 2.05) is 0 Å². The topological polar surface area (TPSA) is 81.4 Å². The number of nitrogen functional groups attached to an aromatic ring is 1. The summed E-state index contributed by atoms with van der Waals surface area (Å²) in [5.74, 6) is 0. The van der Waals surface area contributed by atoms with Gasteiger partial charge < -0.3 is 10.5 Å². The first-order valence-electron chi connectivity index (χ1n) is 6.71. The van der Waals surface area contributed by atoms with Gasteiger partial charge in [-0.15, -0.1) is 0 Å². The maximum Gasteiger partial charge on any atom is 0.241 e. The minimum absolute atomic E-state index is 0.315. The summed E-state index contributed by atoms with van der Waals surface area (Å²) in [6, 6.07) is 3.36. The Labute approximate surface area is 120 Å². The molecule has 0 heterocycles. The van der Waals surface area contributed by atoms with E-state index in [9.17, 15) is 8.42 Å². The highest BCUT2D eigenvalue weighted by molar-refractivity contribution is 7.89. The highest BCUT2D eigenvalue weighted by Gasteiger charge is 2.38. The molecule has 0 aromatic heterocycles. The normalized spacial score (nSPS) is 17.8. The smallest absolute Gasteiger partial charge is 0.241 e. The first kappa shape index (κ1) is 15.3. The molecule has 0 atom stereocenters. The zero-order valence-corrected chi connectivity index (χ0v) is 13.0. The van der Waals surface area contributed by atoms with Crippen LogP contribution in [-0.4, -0.2) is 27.7 Å². The molecular formula is C14H22N2O3S. The third-order valence-electron chi connectivity index (χ3n) is 4.03. The van der Waals surface area contributed by atoms with Gasteiger partial charge in [-0.2, -0.15) is 0 Å². The Morgan fingerprint density at radius 2 is 1.85 bits per heavy atom. The first-order chi connectivity index (χ1) is 9.30. The van der Waals surface area contributed by atoms with Crippen molar-refractivity contribution < 1.29 is 13.2 Å². The van der Waals surface area contributed by atoms with Gasteiger partial charge in [-0.25, -0.2) is 13.1 Å². The molecule has 1 saturated carbocycles. The second kappa shape index (κ2) is 5.35. The summed E-state index contributed by atoms with van der Waals surface area (Å²) in [6.45, 7) is 3.83. The second-order valence-electron chi connectivity index (χ2n) is 5.55. The predicted molar refractivity (Wildman–Crippen MR) is 79.1 cm³/mol. The van der Waals surface area contributed by atoms with Crippen LogP contribution in [0.5, 0.6) is 0 Å². The number of nitrogens with one attached hydrogen (secondary N) is 1. The molecule has 0 radical (unpaired) electrons. The second-order valence-corrected chi connectivity index (χ2v) is 7.25. The molecule has 3 N–H and O–H groups in total. The summed E-state index contributed by atoms with van der Waals surface area (Å²) < 4.78 is 33.1. The van der Waals surface area contributed by atoms with Gasteiger partial charge in [0.1, 0.15) is 0 Å². The van der Waals surface area contributed by atoms with Gasteiger partial charge in [0, 0.05) is 19.3 Å². The van der Waals surface area contributed by atoms with Crippen LogP contribution in [0.4, 0.5) is 5.69 Å². The van der Waals surface area contributed by atoms with E-state index in [1.165, 1.54) is 0 Å². The number of nitrogens with two attached hydrogens (primary N) is 1. The minimum atomic E-state index is -3.54. The summed E-state index contributed by atoms with van der Waals surface area (Å²) in [7, 11) is -1.91. The van der Waals surface area contributed by atoms with Crippen molar-refractivity contribution in [3.8, 4) is 0 Å². The van der Waals surface area contributed by atoms with E-state index in [0.29, 0.717) is 28.3 Å². The van der Waals surface area contributed by atoms with Crippen LogP contribution in [0.15, 0.2) is 17.0 Å². The van der Waals surface area contributed by atoms with Crippen LogP contribution in [0.25, 0.3) is 0 Å². The number of hydrogen-bond acceptors (Lipinski definition) is 4. The number of sulfonamides is 1. The molecule has 0 unspecified atom stereocenters. The highest BCUT2D eigenvalue weighted by atomic mass is 32.2. The number of methoxy groups -OCH3 is 1. The zero-order chi connectivity index (χ0) is 15.0. The Hall–Kier alpha value is -1.11. The summed E-state index contributed by atoms with van der Waals surface area (Å²) in [5, 5.41) is 0. The molecule has 112 valence electrons. The van der Waals surface area contributed by atoms with E-state index in [4.69, 9.17) is 10.5 Å². The van der Waals surface area contributed by atoms with E-state index in [2.05, 4.69) is 4.72 Å². The third kappa shape index (κ3) is 2.82. The van der Waals surface area contributed by atoms with Gasteiger partial charge in [-0.3, -0.25) is 0 Å². The summed E-state index contributed by atoms with van der Waals surface area (Å²) >= 11 is 0. The molecule has 6 heteroatoms. The van der Waals surface area contributed by atoms with Crippen molar-refractivity contribution in [3.63, 3.8) is 0 Å². The van der Waals surface area contributed by atoms with Crippen LogP contribution in [0.1, 0.15) is 30.4 Å². The summed E-state index contributed by atoms with van der Waals surface area (Å²) in [6.07, 6.45) is 2.87. The molecule has 0 amide bonds. The van der Waals surface area contributed by atoms with Crippen LogP contribution < -0.4 is 10.5 Å². The van der Waals surface area contributed by atoms with Gasteiger partial charge in [0.2, 0.25) is 10.0 Å². The Bertz CT molecular complexity index is 578. The fourth-order valence-electron chi connectivity index (χ4n) is 2.73. The fraction of sp³-hybridized carbons (Fsp3) is 0.571. The van der Waals surface area contributed by atoms with Gasteiger partial charge in [0.25, 0.3) is 0 Å². The molecule has 1 aliphatic carbocycles. The molecule has 2 rings (SSSR count). The fourth-order valence-corrected chi connectivity index (χ4v) is 4.29. The monoisotopic (exact) mass is 298 g/mol. The molecule has 1 aromatic carbocycles. The lowest BCUT2D eigenvalue weighted by Crippen LogP contribution is -2.49. The number of ether oxygens (including phenoxy) is 1. The minimum Gasteiger partial charge on any atom is -0.399 e. The van der Waals surface area contributed by atoms with Gasteiger partial charge in [-0.1, -0.05) is 0 Å². The van der Waals surface area contributed by atoms with E-state index in [-0.39, 0.29) is 5.60 Å². The standard InChI is InChI=1S/C14H22N2O3S/c1-10-7-12(15)8-11(2)13(10)20(17,18)16-9-14(19-3)5-4-6-14/h7-8,16H,4-6,9,15H2,1-3H3. The molecule has 0 bridgehead atoms. The molecule has 1 aliphatic rings. The highest BCUT2D eigenvalue weighted by Crippen LogP contribution is 2.34. The van der Waals surface area contributed by atoms with Crippen molar-refractivity contribution in [3.05, 3.63) is 23.3 Å². The maximum atomic E-state index is 12.5. The Morgan fingerprint density at radius 3 is 2.25 bits per heavy atom.